The molecule has 6 heteroatoms. The highest BCUT2D eigenvalue weighted by Crippen LogP contribution is 2.16. The Bertz CT molecular complexity index is 576. The van der Waals surface area contributed by atoms with Crippen LogP contribution in [0.4, 0.5) is 0 Å². The predicted molar refractivity (Wildman–Crippen MR) is 82.7 cm³/mol. The zero-order valence-corrected chi connectivity index (χ0v) is 13.7. The van der Waals surface area contributed by atoms with Gasteiger partial charge in [0, 0.05) is 12.6 Å². The van der Waals surface area contributed by atoms with Crippen molar-refractivity contribution in [1.29, 1.82) is 0 Å². The largest absolute Gasteiger partial charge is 0.478 e. The molecule has 0 unspecified atom stereocenters. The van der Waals surface area contributed by atoms with Crippen molar-refractivity contribution in [2.24, 2.45) is 5.92 Å². The van der Waals surface area contributed by atoms with Crippen LogP contribution in [0.2, 0.25) is 0 Å². The van der Waals surface area contributed by atoms with Gasteiger partial charge in [-0.2, -0.15) is 4.31 Å². The Morgan fingerprint density at radius 2 is 1.67 bits per heavy atom. The number of carboxylic acid groups (broad SMARTS) is 1. The number of benzene rings is 1. The molecule has 0 aliphatic carbocycles. The van der Waals surface area contributed by atoms with E-state index in [1.807, 2.05) is 27.7 Å². The Hall–Kier alpha value is -1.40. The maximum atomic E-state index is 12.5. The van der Waals surface area contributed by atoms with E-state index in [0.29, 0.717) is 12.1 Å². The summed E-state index contributed by atoms with van der Waals surface area (Å²) in [6.07, 6.45) is 0. The smallest absolute Gasteiger partial charge is 0.335 e. The van der Waals surface area contributed by atoms with Gasteiger partial charge in [-0.15, -0.1) is 0 Å². The second kappa shape index (κ2) is 7.04. The zero-order valence-electron chi connectivity index (χ0n) is 12.9. The average molecular weight is 313 g/mol. The number of carbonyl (C=O) groups is 1. The van der Waals surface area contributed by atoms with Crippen molar-refractivity contribution in [2.75, 3.05) is 6.54 Å². The quantitative estimate of drug-likeness (QED) is 0.839. The maximum absolute atomic E-state index is 12.5. The number of aromatic carboxylic acids is 1. The summed E-state index contributed by atoms with van der Waals surface area (Å²) < 4.78 is 26.5. The molecule has 0 amide bonds. The van der Waals surface area contributed by atoms with Crippen molar-refractivity contribution >= 4 is 16.0 Å². The van der Waals surface area contributed by atoms with E-state index in [-0.39, 0.29) is 23.3 Å². The molecule has 0 heterocycles. The molecule has 5 nitrogen and oxygen atoms in total. The van der Waals surface area contributed by atoms with Crippen LogP contribution in [0.15, 0.2) is 24.3 Å². The SMILES string of the molecule is CC(C)CN(C(C)C)S(=O)(=O)Cc1ccc(C(=O)O)cc1. The van der Waals surface area contributed by atoms with Gasteiger partial charge in [-0.1, -0.05) is 26.0 Å². The first-order chi connectivity index (χ1) is 9.63. The van der Waals surface area contributed by atoms with Gasteiger partial charge in [0.2, 0.25) is 10.0 Å². The van der Waals surface area contributed by atoms with Crippen LogP contribution in [0.3, 0.4) is 0 Å². The van der Waals surface area contributed by atoms with Crippen molar-refractivity contribution in [3.05, 3.63) is 35.4 Å². The fourth-order valence-corrected chi connectivity index (χ4v) is 3.99. The molecule has 1 N–H and O–H groups in total. The molecule has 0 aromatic heterocycles. The number of hydrogen-bond acceptors (Lipinski definition) is 3. The summed E-state index contributed by atoms with van der Waals surface area (Å²) in [5, 5.41) is 8.84. The van der Waals surface area contributed by atoms with E-state index in [0.717, 1.165) is 0 Å². The Morgan fingerprint density at radius 3 is 2.05 bits per heavy atom. The van der Waals surface area contributed by atoms with Crippen LogP contribution < -0.4 is 0 Å². The van der Waals surface area contributed by atoms with Gasteiger partial charge < -0.3 is 5.11 Å². The molecule has 0 radical (unpaired) electrons. The minimum Gasteiger partial charge on any atom is -0.478 e. The van der Waals surface area contributed by atoms with E-state index in [9.17, 15) is 13.2 Å². The second-order valence-corrected chi connectivity index (χ2v) is 7.74. The zero-order chi connectivity index (χ0) is 16.2. The van der Waals surface area contributed by atoms with E-state index in [4.69, 9.17) is 5.11 Å². The molecule has 0 aliphatic rings. The Labute approximate surface area is 126 Å². The monoisotopic (exact) mass is 313 g/mol. The molecule has 0 saturated carbocycles. The Morgan fingerprint density at radius 1 is 1.14 bits per heavy atom. The molecular formula is C15H23NO4S. The van der Waals surface area contributed by atoms with Gasteiger partial charge in [0.1, 0.15) is 0 Å². The van der Waals surface area contributed by atoms with E-state index in [2.05, 4.69) is 0 Å². The summed E-state index contributed by atoms with van der Waals surface area (Å²) in [6, 6.07) is 5.85. The van der Waals surface area contributed by atoms with Crippen LogP contribution >= 0.6 is 0 Å². The predicted octanol–water partition coefficient (Wildman–Crippen LogP) is 2.58. The third-order valence-electron chi connectivity index (χ3n) is 3.03. The number of nitrogens with zero attached hydrogens (tertiary/aromatic N) is 1. The first kappa shape index (κ1) is 17.7. The fourth-order valence-electron chi connectivity index (χ4n) is 2.04. The van der Waals surface area contributed by atoms with E-state index in [1.165, 1.54) is 16.4 Å². The molecule has 1 aromatic carbocycles. The Balaban J connectivity index is 2.94. The highest BCUT2D eigenvalue weighted by Gasteiger charge is 2.25. The van der Waals surface area contributed by atoms with Gasteiger partial charge in [0.15, 0.2) is 0 Å². The third-order valence-corrected chi connectivity index (χ3v) is 5.01. The lowest BCUT2D eigenvalue weighted by Gasteiger charge is -2.27. The standard InChI is InChI=1S/C15H23NO4S/c1-11(2)9-16(12(3)4)21(19,20)10-13-5-7-14(8-6-13)15(17)18/h5-8,11-12H,9-10H2,1-4H3,(H,17,18). The molecule has 0 spiro atoms. The van der Waals surface area contributed by atoms with Crippen LogP contribution in [0.25, 0.3) is 0 Å². The highest BCUT2D eigenvalue weighted by atomic mass is 32.2. The van der Waals surface area contributed by atoms with Crippen molar-refractivity contribution < 1.29 is 18.3 Å². The van der Waals surface area contributed by atoms with Crippen molar-refractivity contribution in [1.82, 2.24) is 4.31 Å². The van der Waals surface area contributed by atoms with Gasteiger partial charge in [-0.25, -0.2) is 13.2 Å². The molecule has 118 valence electrons. The van der Waals surface area contributed by atoms with Gasteiger partial charge in [0.05, 0.1) is 11.3 Å². The van der Waals surface area contributed by atoms with Crippen LogP contribution in [0, 0.1) is 5.92 Å². The summed E-state index contributed by atoms with van der Waals surface area (Å²) in [4.78, 5) is 10.8. The average Bonchev–Trinajstić information content (AvgIpc) is 2.35. The molecule has 1 aromatic rings. The summed E-state index contributed by atoms with van der Waals surface area (Å²) in [7, 11) is -3.42. The first-order valence-corrected chi connectivity index (χ1v) is 8.56. The van der Waals surface area contributed by atoms with E-state index < -0.39 is 16.0 Å². The van der Waals surface area contributed by atoms with Gasteiger partial charge in [-0.05, 0) is 37.5 Å². The molecule has 21 heavy (non-hydrogen) atoms. The second-order valence-electron chi connectivity index (χ2n) is 5.82. The molecule has 1 rings (SSSR count). The lowest BCUT2D eigenvalue weighted by atomic mass is 10.1. The lowest BCUT2D eigenvalue weighted by molar-refractivity contribution is 0.0697. The number of sulfonamides is 1. The normalized spacial score (nSPS) is 12.3. The van der Waals surface area contributed by atoms with Crippen molar-refractivity contribution in [2.45, 2.75) is 39.5 Å². The lowest BCUT2D eigenvalue weighted by Crippen LogP contribution is -2.40. The first-order valence-electron chi connectivity index (χ1n) is 6.95. The van der Waals surface area contributed by atoms with Gasteiger partial charge in [0.25, 0.3) is 0 Å². The van der Waals surface area contributed by atoms with Crippen molar-refractivity contribution in [3.8, 4) is 0 Å². The number of rotatable bonds is 7. The number of carboxylic acids is 1. The summed E-state index contributed by atoms with van der Waals surface area (Å²) >= 11 is 0. The highest BCUT2D eigenvalue weighted by molar-refractivity contribution is 7.88. The van der Waals surface area contributed by atoms with Crippen LogP contribution in [-0.4, -0.2) is 36.4 Å². The van der Waals surface area contributed by atoms with Crippen LogP contribution in [-0.2, 0) is 15.8 Å². The van der Waals surface area contributed by atoms with Crippen LogP contribution in [0.1, 0.15) is 43.6 Å². The maximum Gasteiger partial charge on any atom is 0.335 e. The summed E-state index contributed by atoms with van der Waals surface area (Å²) in [5.41, 5.74) is 0.744. The fraction of sp³-hybridized carbons (Fsp3) is 0.533. The van der Waals surface area contributed by atoms with Crippen molar-refractivity contribution in [3.63, 3.8) is 0 Å². The minimum absolute atomic E-state index is 0.101. The van der Waals surface area contributed by atoms with Gasteiger partial charge >= 0.3 is 5.97 Å². The number of hydrogen-bond donors (Lipinski definition) is 1. The molecular weight excluding hydrogens is 290 g/mol. The molecule has 0 saturated heterocycles. The molecule has 0 bridgehead atoms. The topological polar surface area (TPSA) is 74.7 Å². The Kier molecular flexibility index (Phi) is 5.92. The molecule has 0 aliphatic heterocycles. The third kappa shape index (κ3) is 5.13. The van der Waals surface area contributed by atoms with Gasteiger partial charge in [-0.3, -0.25) is 0 Å². The summed E-state index contributed by atoms with van der Waals surface area (Å²) in [5.74, 6) is -0.887. The van der Waals surface area contributed by atoms with E-state index >= 15 is 0 Å². The summed E-state index contributed by atoms with van der Waals surface area (Å²) in [6.45, 7) is 8.15. The van der Waals surface area contributed by atoms with Crippen LogP contribution in [0.5, 0.6) is 0 Å². The molecule has 0 atom stereocenters. The molecule has 0 fully saturated rings. The van der Waals surface area contributed by atoms with E-state index in [1.54, 1.807) is 12.1 Å². The minimum atomic E-state index is -3.42.